The molecule has 21 heavy (non-hydrogen) atoms. The van der Waals surface area contributed by atoms with Gasteiger partial charge in [-0.15, -0.1) is 0 Å². The minimum atomic E-state index is 0.0643. The second kappa shape index (κ2) is 6.18. The first kappa shape index (κ1) is 14.6. The lowest BCUT2D eigenvalue weighted by Gasteiger charge is -2.32. The summed E-state index contributed by atoms with van der Waals surface area (Å²) in [6.45, 7) is 3.32. The van der Waals surface area contributed by atoms with Crippen molar-refractivity contribution in [1.82, 2.24) is 15.1 Å². The van der Waals surface area contributed by atoms with E-state index in [2.05, 4.69) is 10.4 Å². The van der Waals surface area contributed by atoms with E-state index in [-0.39, 0.29) is 17.6 Å². The molecule has 0 bridgehead atoms. The third-order valence-electron chi connectivity index (χ3n) is 4.82. The van der Waals surface area contributed by atoms with E-state index in [0.29, 0.717) is 19.6 Å². The van der Waals surface area contributed by atoms with Crippen molar-refractivity contribution in [2.24, 2.45) is 0 Å². The molecule has 2 aliphatic rings. The molecule has 1 aliphatic carbocycles. The van der Waals surface area contributed by atoms with Gasteiger partial charge in [-0.25, -0.2) is 0 Å². The summed E-state index contributed by atoms with van der Waals surface area (Å²) in [6.07, 6.45) is 9.40. The summed E-state index contributed by atoms with van der Waals surface area (Å²) in [4.78, 5) is 12.1. The fraction of sp³-hybridized carbons (Fsp3) is 0.750. The molecule has 1 saturated carbocycles. The maximum atomic E-state index is 12.1. The molecule has 2 heterocycles. The molecule has 5 nitrogen and oxygen atoms in total. The third kappa shape index (κ3) is 3.46. The molecular weight excluding hydrogens is 266 g/mol. The lowest BCUT2D eigenvalue weighted by atomic mass is 9.82. The topological polar surface area (TPSA) is 56.2 Å². The Morgan fingerprint density at radius 2 is 2.29 bits per heavy atom. The van der Waals surface area contributed by atoms with E-state index < -0.39 is 0 Å². The number of nitrogens with zero attached hydrogens (tertiary/aromatic N) is 2. The van der Waals surface area contributed by atoms with E-state index in [1.165, 1.54) is 19.3 Å². The maximum absolute atomic E-state index is 12.1. The molecule has 0 unspecified atom stereocenters. The molecule has 5 heteroatoms. The van der Waals surface area contributed by atoms with E-state index in [1.807, 2.05) is 17.7 Å². The van der Waals surface area contributed by atoms with Gasteiger partial charge in [0.25, 0.3) is 0 Å². The van der Waals surface area contributed by atoms with Crippen LogP contribution in [0.5, 0.6) is 0 Å². The van der Waals surface area contributed by atoms with E-state index in [0.717, 1.165) is 25.0 Å². The number of nitrogens with one attached hydrogen (secondary N) is 1. The van der Waals surface area contributed by atoms with E-state index in [9.17, 15) is 4.79 Å². The molecule has 116 valence electrons. The van der Waals surface area contributed by atoms with Gasteiger partial charge < -0.3 is 10.1 Å². The van der Waals surface area contributed by atoms with E-state index in [1.54, 1.807) is 6.20 Å². The van der Waals surface area contributed by atoms with Crippen LogP contribution in [0, 0.1) is 6.92 Å². The number of carbonyl (C=O) groups is 1. The van der Waals surface area contributed by atoms with Crippen LogP contribution in [0.3, 0.4) is 0 Å². The lowest BCUT2D eigenvalue weighted by Crippen LogP contribution is -2.37. The maximum Gasteiger partial charge on any atom is 0.222 e. The number of ether oxygens (including phenoxy) is 1. The predicted octanol–water partition coefficient (Wildman–Crippen LogP) is 2.19. The molecule has 1 aromatic rings. The van der Waals surface area contributed by atoms with Gasteiger partial charge in [0.15, 0.2) is 0 Å². The summed E-state index contributed by atoms with van der Waals surface area (Å²) in [6, 6.07) is 2.14. The first-order chi connectivity index (χ1) is 10.2. The van der Waals surface area contributed by atoms with Crippen LogP contribution in [-0.2, 0) is 16.1 Å². The number of amides is 1. The largest absolute Gasteiger partial charge is 0.373 e. The molecule has 1 aromatic heterocycles. The molecule has 0 radical (unpaired) electrons. The van der Waals surface area contributed by atoms with Crippen LogP contribution < -0.4 is 5.32 Å². The standard InChI is InChI=1S/C16H25N3O2/c1-13-5-9-17-19(13)10-6-15(20)18-14-11-16(21-12-14)7-3-2-4-8-16/h5,9,14H,2-4,6-8,10-12H2,1H3,(H,18,20)/t14-/m1/s1. The number of aromatic nitrogens is 2. The Bertz CT molecular complexity index is 491. The lowest BCUT2D eigenvalue weighted by molar-refractivity contribution is -0.122. The van der Waals surface area contributed by atoms with Crippen molar-refractivity contribution in [3.8, 4) is 0 Å². The highest BCUT2D eigenvalue weighted by Gasteiger charge is 2.41. The van der Waals surface area contributed by atoms with Crippen molar-refractivity contribution in [1.29, 1.82) is 0 Å². The zero-order chi connectivity index (χ0) is 14.7. The first-order valence-electron chi connectivity index (χ1n) is 8.09. The van der Waals surface area contributed by atoms with Crippen molar-refractivity contribution >= 4 is 5.91 Å². The zero-order valence-electron chi connectivity index (χ0n) is 12.8. The quantitative estimate of drug-likeness (QED) is 0.925. The Kier molecular flexibility index (Phi) is 4.29. The van der Waals surface area contributed by atoms with Crippen LogP contribution in [0.25, 0.3) is 0 Å². The minimum absolute atomic E-state index is 0.0643. The minimum Gasteiger partial charge on any atom is -0.373 e. The Hall–Kier alpha value is -1.36. The summed E-state index contributed by atoms with van der Waals surface area (Å²) in [7, 11) is 0. The van der Waals surface area contributed by atoms with Crippen LogP contribution in [0.1, 0.15) is 50.6 Å². The van der Waals surface area contributed by atoms with Gasteiger partial charge in [-0.2, -0.15) is 5.10 Å². The van der Waals surface area contributed by atoms with E-state index >= 15 is 0 Å². The number of hydrogen-bond donors (Lipinski definition) is 1. The zero-order valence-corrected chi connectivity index (χ0v) is 12.8. The van der Waals surface area contributed by atoms with Crippen LogP contribution in [0.4, 0.5) is 0 Å². The fourth-order valence-corrected chi connectivity index (χ4v) is 3.62. The highest BCUT2D eigenvalue weighted by molar-refractivity contribution is 5.76. The SMILES string of the molecule is Cc1ccnn1CCC(=O)N[C@H]1COC2(CCCCC2)C1. The number of hydrogen-bond acceptors (Lipinski definition) is 3. The molecule has 3 rings (SSSR count). The van der Waals surface area contributed by atoms with Crippen molar-refractivity contribution in [3.63, 3.8) is 0 Å². The van der Waals surface area contributed by atoms with Gasteiger partial charge in [0.2, 0.25) is 5.91 Å². The van der Waals surface area contributed by atoms with Crippen LogP contribution in [-0.4, -0.2) is 33.9 Å². The smallest absolute Gasteiger partial charge is 0.222 e. The number of aryl methyl sites for hydroxylation is 2. The second-order valence-corrected chi connectivity index (χ2v) is 6.47. The van der Waals surface area contributed by atoms with Crippen molar-refractivity contribution in [3.05, 3.63) is 18.0 Å². The van der Waals surface area contributed by atoms with Gasteiger partial charge >= 0.3 is 0 Å². The average Bonchev–Trinajstić information content (AvgIpc) is 3.05. The average molecular weight is 291 g/mol. The summed E-state index contributed by atoms with van der Waals surface area (Å²) >= 11 is 0. The summed E-state index contributed by atoms with van der Waals surface area (Å²) in [5.74, 6) is 0.103. The molecule has 0 aromatic carbocycles. The number of carbonyl (C=O) groups excluding carboxylic acids is 1. The fourth-order valence-electron chi connectivity index (χ4n) is 3.62. The Morgan fingerprint density at radius 3 is 3.00 bits per heavy atom. The Morgan fingerprint density at radius 1 is 1.48 bits per heavy atom. The molecule has 1 amide bonds. The Balaban J connectivity index is 1.44. The number of rotatable bonds is 4. The summed E-state index contributed by atoms with van der Waals surface area (Å²) in [5, 5.41) is 7.33. The van der Waals surface area contributed by atoms with Crippen molar-refractivity contribution in [2.75, 3.05) is 6.61 Å². The van der Waals surface area contributed by atoms with Crippen LogP contribution in [0.2, 0.25) is 0 Å². The molecule has 2 fully saturated rings. The highest BCUT2D eigenvalue weighted by atomic mass is 16.5. The second-order valence-electron chi connectivity index (χ2n) is 6.47. The van der Waals surface area contributed by atoms with Gasteiger partial charge in [-0.1, -0.05) is 19.3 Å². The predicted molar refractivity (Wildman–Crippen MR) is 79.9 cm³/mol. The van der Waals surface area contributed by atoms with Crippen molar-refractivity contribution in [2.45, 2.75) is 70.1 Å². The van der Waals surface area contributed by atoms with Gasteiger partial charge in [-0.3, -0.25) is 9.48 Å². The monoisotopic (exact) mass is 291 g/mol. The van der Waals surface area contributed by atoms with Gasteiger partial charge in [0, 0.05) is 24.9 Å². The van der Waals surface area contributed by atoms with Gasteiger partial charge in [-0.05, 0) is 32.3 Å². The Labute approximate surface area is 126 Å². The van der Waals surface area contributed by atoms with E-state index in [4.69, 9.17) is 4.74 Å². The van der Waals surface area contributed by atoms with Gasteiger partial charge in [0.05, 0.1) is 18.2 Å². The molecule has 1 aliphatic heterocycles. The first-order valence-corrected chi connectivity index (χ1v) is 8.09. The molecular formula is C16H25N3O2. The van der Waals surface area contributed by atoms with Crippen LogP contribution in [0.15, 0.2) is 12.3 Å². The highest BCUT2D eigenvalue weighted by Crippen LogP contribution is 2.39. The summed E-state index contributed by atoms with van der Waals surface area (Å²) in [5.41, 5.74) is 1.16. The van der Waals surface area contributed by atoms with Crippen LogP contribution >= 0.6 is 0 Å². The molecule has 1 N–H and O–H groups in total. The molecule has 1 atom stereocenters. The van der Waals surface area contributed by atoms with Gasteiger partial charge in [0.1, 0.15) is 0 Å². The molecule has 1 saturated heterocycles. The normalized spacial score (nSPS) is 24.3. The summed E-state index contributed by atoms with van der Waals surface area (Å²) < 4.78 is 7.90. The van der Waals surface area contributed by atoms with Crippen molar-refractivity contribution < 1.29 is 9.53 Å². The molecule has 1 spiro atoms. The third-order valence-corrected chi connectivity index (χ3v) is 4.82.